The summed E-state index contributed by atoms with van der Waals surface area (Å²) in [5.74, 6) is -0.166. The van der Waals surface area contributed by atoms with E-state index in [-0.39, 0.29) is 17.2 Å². The zero-order chi connectivity index (χ0) is 18.3. The Labute approximate surface area is 151 Å². The molecule has 1 aliphatic rings. The van der Waals surface area contributed by atoms with Crippen LogP contribution in [0.3, 0.4) is 0 Å². The van der Waals surface area contributed by atoms with Gasteiger partial charge in [-0.05, 0) is 66.8 Å². The molecule has 0 fully saturated rings. The summed E-state index contributed by atoms with van der Waals surface area (Å²) in [7, 11) is -3.24. The molecule has 0 atom stereocenters. The Morgan fingerprint density at radius 1 is 1.12 bits per heavy atom. The third-order valence-electron chi connectivity index (χ3n) is 4.79. The SMILES string of the molecule is CS(=O)(=O)c1ccc(NC(=O)Cc2coc3cc4c(cc23)CCC4)cc1. The van der Waals surface area contributed by atoms with Crippen LogP contribution >= 0.6 is 0 Å². The van der Waals surface area contributed by atoms with Crippen molar-refractivity contribution in [3.8, 4) is 0 Å². The van der Waals surface area contributed by atoms with Gasteiger partial charge in [-0.15, -0.1) is 0 Å². The second-order valence-corrected chi connectivity index (χ2v) is 8.77. The first-order chi connectivity index (χ1) is 12.4. The molecule has 134 valence electrons. The molecule has 0 spiro atoms. The minimum absolute atomic E-state index is 0.166. The molecule has 0 saturated heterocycles. The van der Waals surface area contributed by atoms with Gasteiger partial charge in [-0.3, -0.25) is 4.79 Å². The first-order valence-corrected chi connectivity index (χ1v) is 10.4. The number of benzene rings is 2. The van der Waals surface area contributed by atoms with Gasteiger partial charge in [0.1, 0.15) is 5.58 Å². The van der Waals surface area contributed by atoms with E-state index in [1.807, 2.05) is 0 Å². The Hall–Kier alpha value is -2.60. The van der Waals surface area contributed by atoms with Crippen LogP contribution in [0.5, 0.6) is 0 Å². The standard InChI is InChI=1S/C20H19NO4S/c1-26(23,24)17-7-5-16(6-8-17)21-20(22)11-15-12-25-19-10-14-4-2-3-13(14)9-18(15)19/h5-10,12H,2-4,11H2,1H3,(H,21,22). The zero-order valence-corrected chi connectivity index (χ0v) is 15.2. The quantitative estimate of drug-likeness (QED) is 0.764. The summed E-state index contributed by atoms with van der Waals surface area (Å²) in [6, 6.07) is 10.4. The van der Waals surface area contributed by atoms with Crippen LogP contribution in [0.1, 0.15) is 23.1 Å². The highest BCUT2D eigenvalue weighted by molar-refractivity contribution is 7.90. The molecule has 0 bridgehead atoms. The molecular formula is C20H19NO4S. The summed E-state index contributed by atoms with van der Waals surface area (Å²) in [5.41, 5.74) is 4.94. The Bertz CT molecular complexity index is 1090. The number of hydrogen-bond acceptors (Lipinski definition) is 4. The predicted octanol–water partition coefficient (Wildman–Crippen LogP) is 3.51. The fourth-order valence-electron chi connectivity index (χ4n) is 3.45. The highest BCUT2D eigenvalue weighted by atomic mass is 32.2. The van der Waals surface area contributed by atoms with Crippen LogP contribution in [0, 0.1) is 0 Å². The van der Waals surface area contributed by atoms with Gasteiger partial charge in [-0.25, -0.2) is 8.42 Å². The number of anilines is 1. The topological polar surface area (TPSA) is 76.4 Å². The molecule has 1 aromatic heterocycles. The number of fused-ring (bicyclic) bond motifs is 2. The molecule has 0 saturated carbocycles. The van der Waals surface area contributed by atoms with Crippen molar-refractivity contribution in [1.29, 1.82) is 0 Å². The molecule has 26 heavy (non-hydrogen) atoms. The van der Waals surface area contributed by atoms with Gasteiger partial charge in [-0.1, -0.05) is 0 Å². The molecule has 3 aromatic rings. The average Bonchev–Trinajstić information content (AvgIpc) is 3.19. The molecule has 0 aliphatic heterocycles. The van der Waals surface area contributed by atoms with Crippen LogP contribution in [0.25, 0.3) is 11.0 Å². The lowest BCUT2D eigenvalue weighted by molar-refractivity contribution is -0.115. The minimum Gasteiger partial charge on any atom is -0.464 e. The van der Waals surface area contributed by atoms with Crippen molar-refractivity contribution in [3.05, 3.63) is 59.4 Å². The zero-order valence-electron chi connectivity index (χ0n) is 14.4. The Morgan fingerprint density at radius 2 is 1.81 bits per heavy atom. The highest BCUT2D eigenvalue weighted by Gasteiger charge is 2.17. The van der Waals surface area contributed by atoms with E-state index in [2.05, 4.69) is 17.4 Å². The number of hydrogen-bond donors (Lipinski definition) is 1. The number of amides is 1. The first kappa shape index (κ1) is 16.8. The maximum absolute atomic E-state index is 12.4. The highest BCUT2D eigenvalue weighted by Crippen LogP contribution is 2.30. The van der Waals surface area contributed by atoms with E-state index >= 15 is 0 Å². The van der Waals surface area contributed by atoms with Gasteiger partial charge in [0.05, 0.1) is 17.6 Å². The Kier molecular flexibility index (Phi) is 4.07. The van der Waals surface area contributed by atoms with Crippen molar-refractivity contribution in [2.45, 2.75) is 30.6 Å². The molecule has 1 heterocycles. The maximum atomic E-state index is 12.4. The lowest BCUT2D eigenvalue weighted by Gasteiger charge is -2.06. The molecule has 0 radical (unpaired) electrons. The third kappa shape index (κ3) is 3.24. The summed E-state index contributed by atoms with van der Waals surface area (Å²) >= 11 is 0. The van der Waals surface area contributed by atoms with Gasteiger partial charge in [0.25, 0.3) is 0 Å². The van der Waals surface area contributed by atoms with E-state index < -0.39 is 9.84 Å². The molecule has 1 N–H and O–H groups in total. The number of nitrogens with one attached hydrogen (secondary N) is 1. The molecule has 0 unspecified atom stereocenters. The second-order valence-electron chi connectivity index (χ2n) is 6.75. The summed E-state index contributed by atoms with van der Waals surface area (Å²) in [4.78, 5) is 12.6. The van der Waals surface area contributed by atoms with Crippen molar-refractivity contribution in [2.75, 3.05) is 11.6 Å². The molecular weight excluding hydrogens is 350 g/mol. The second kappa shape index (κ2) is 6.29. The van der Waals surface area contributed by atoms with E-state index in [1.165, 1.54) is 29.7 Å². The molecule has 4 rings (SSSR count). The fourth-order valence-corrected chi connectivity index (χ4v) is 4.08. The van der Waals surface area contributed by atoms with Crippen LogP contribution in [-0.4, -0.2) is 20.6 Å². The van der Waals surface area contributed by atoms with Crippen molar-refractivity contribution >= 4 is 32.4 Å². The fraction of sp³-hybridized carbons (Fsp3) is 0.250. The van der Waals surface area contributed by atoms with Crippen LogP contribution < -0.4 is 5.32 Å². The predicted molar refractivity (Wildman–Crippen MR) is 100 cm³/mol. The lowest BCUT2D eigenvalue weighted by Crippen LogP contribution is -2.14. The molecule has 1 aliphatic carbocycles. The largest absolute Gasteiger partial charge is 0.464 e. The molecule has 5 nitrogen and oxygen atoms in total. The number of aryl methyl sites for hydroxylation is 2. The number of furan rings is 1. The van der Waals surface area contributed by atoms with Crippen molar-refractivity contribution < 1.29 is 17.6 Å². The number of carbonyl (C=O) groups is 1. The summed E-state index contributed by atoms with van der Waals surface area (Å²) in [6.07, 6.45) is 6.34. The van der Waals surface area contributed by atoms with E-state index in [4.69, 9.17) is 4.42 Å². The van der Waals surface area contributed by atoms with Crippen LogP contribution in [0.2, 0.25) is 0 Å². The minimum atomic E-state index is -3.24. The van der Waals surface area contributed by atoms with Crippen molar-refractivity contribution in [1.82, 2.24) is 0 Å². The van der Waals surface area contributed by atoms with Gasteiger partial charge in [0.2, 0.25) is 5.91 Å². The Balaban J connectivity index is 1.51. The lowest BCUT2D eigenvalue weighted by atomic mass is 10.0. The van der Waals surface area contributed by atoms with E-state index in [1.54, 1.807) is 18.4 Å². The van der Waals surface area contributed by atoms with Crippen LogP contribution in [0.15, 0.2) is 52.0 Å². The first-order valence-electron chi connectivity index (χ1n) is 8.52. The summed E-state index contributed by atoms with van der Waals surface area (Å²) in [5, 5.41) is 3.79. The maximum Gasteiger partial charge on any atom is 0.228 e. The summed E-state index contributed by atoms with van der Waals surface area (Å²) < 4.78 is 28.6. The summed E-state index contributed by atoms with van der Waals surface area (Å²) in [6.45, 7) is 0. The van der Waals surface area contributed by atoms with Gasteiger partial charge in [0, 0.05) is 22.9 Å². The third-order valence-corrected chi connectivity index (χ3v) is 5.91. The number of carbonyl (C=O) groups excluding carboxylic acids is 1. The van der Waals surface area contributed by atoms with Crippen LogP contribution in [-0.2, 0) is 33.9 Å². The average molecular weight is 369 g/mol. The molecule has 1 amide bonds. The normalized spacial score (nSPS) is 13.7. The van der Waals surface area contributed by atoms with Crippen LogP contribution in [0.4, 0.5) is 5.69 Å². The number of rotatable bonds is 4. The monoisotopic (exact) mass is 369 g/mol. The van der Waals surface area contributed by atoms with Gasteiger partial charge in [-0.2, -0.15) is 0 Å². The van der Waals surface area contributed by atoms with Crippen molar-refractivity contribution in [3.63, 3.8) is 0 Å². The Morgan fingerprint density at radius 3 is 2.50 bits per heavy atom. The molecule has 2 aromatic carbocycles. The smallest absolute Gasteiger partial charge is 0.228 e. The number of sulfone groups is 1. The van der Waals surface area contributed by atoms with Gasteiger partial charge < -0.3 is 9.73 Å². The molecule has 6 heteroatoms. The van der Waals surface area contributed by atoms with Crippen molar-refractivity contribution in [2.24, 2.45) is 0 Å². The van der Waals surface area contributed by atoms with E-state index in [9.17, 15) is 13.2 Å². The van der Waals surface area contributed by atoms with E-state index in [0.717, 1.165) is 35.6 Å². The van der Waals surface area contributed by atoms with Gasteiger partial charge >= 0.3 is 0 Å². The van der Waals surface area contributed by atoms with E-state index in [0.29, 0.717) is 5.69 Å². The van der Waals surface area contributed by atoms with Gasteiger partial charge in [0.15, 0.2) is 9.84 Å².